The second-order valence-electron chi connectivity index (χ2n) is 5.24. The molecule has 0 heterocycles. The largest absolute Gasteiger partial charge is 0.494 e. The molecule has 1 aromatic carbocycles. The highest BCUT2D eigenvalue weighted by Gasteiger charge is 2.21. The highest BCUT2D eigenvalue weighted by atomic mass is 16.5. The molecule has 5 heteroatoms. The van der Waals surface area contributed by atoms with Crippen LogP contribution in [0.2, 0.25) is 0 Å². The van der Waals surface area contributed by atoms with Crippen LogP contribution in [0.1, 0.15) is 49.4 Å². The minimum Gasteiger partial charge on any atom is -0.494 e. The van der Waals surface area contributed by atoms with Gasteiger partial charge in [-0.3, -0.25) is 20.4 Å². The second kappa shape index (κ2) is 7.67. The van der Waals surface area contributed by atoms with E-state index in [0.717, 1.165) is 25.7 Å². The molecule has 1 aliphatic rings. The van der Waals surface area contributed by atoms with E-state index in [2.05, 4.69) is 10.9 Å². The number of rotatable bonds is 4. The SMILES string of the molecule is CCOc1cccc(C(=O)NNC(=O)C2CCCCC2)c1. The Morgan fingerprint density at radius 3 is 2.67 bits per heavy atom. The molecule has 1 aromatic rings. The fraction of sp³-hybridized carbons (Fsp3) is 0.500. The van der Waals surface area contributed by atoms with Gasteiger partial charge in [-0.2, -0.15) is 0 Å². The van der Waals surface area contributed by atoms with Crippen LogP contribution in [0.15, 0.2) is 24.3 Å². The minimum atomic E-state index is -0.333. The average Bonchev–Trinajstić information content (AvgIpc) is 2.53. The van der Waals surface area contributed by atoms with E-state index in [9.17, 15) is 9.59 Å². The smallest absolute Gasteiger partial charge is 0.269 e. The van der Waals surface area contributed by atoms with Crippen molar-refractivity contribution in [1.29, 1.82) is 0 Å². The second-order valence-corrected chi connectivity index (χ2v) is 5.24. The Bertz CT molecular complexity index is 496. The fourth-order valence-corrected chi connectivity index (χ4v) is 2.55. The number of hydrazine groups is 1. The van der Waals surface area contributed by atoms with Gasteiger partial charge in [0.15, 0.2) is 0 Å². The van der Waals surface area contributed by atoms with Crippen LogP contribution in [-0.2, 0) is 4.79 Å². The monoisotopic (exact) mass is 290 g/mol. The Balaban J connectivity index is 1.86. The van der Waals surface area contributed by atoms with Crippen LogP contribution in [0.4, 0.5) is 0 Å². The summed E-state index contributed by atoms with van der Waals surface area (Å²) >= 11 is 0. The number of ether oxygens (including phenoxy) is 1. The number of hydrogen-bond donors (Lipinski definition) is 2. The lowest BCUT2D eigenvalue weighted by molar-refractivity contribution is -0.126. The quantitative estimate of drug-likeness (QED) is 0.837. The van der Waals surface area contributed by atoms with Gasteiger partial charge in [-0.25, -0.2) is 0 Å². The van der Waals surface area contributed by atoms with Gasteiger partial charge in [-0.1, -0.05) is 25.3 Å². The predicted octanol–water partition coefficient (Wildman–Crippen LogP) is 2.43. The van der Waals surface area contributed by atoms with E-state index in [4.69, 9.17) is 4.74 Å². The molecule has 0 atom stereocenters. The topological polar surface area (TPSA) is 67.4 Å². The zero-order valence-corrected chi connectivity index (χ0v) is 12.4. The summed E-state index contributed by atoms with van der Waals surface area (Å²) in [5.41, 5.74) is 5.46. The molecular formula is C16H22N2O3. The van der Waals surface area contributed by atoms with Gasteiger partial charge in [0.1, 0.15) is 5.75 Å². The van der Waals surface area contributed by atoms with Gasteiger partial charge < -0.3 is 4.74 Å². The minimum absolute atomic E-state index is 0.0220. The van der Waals surface area contributed by atoms with Gasteiger partial charge in [0, 0.05) is 11.5 Å². The van der Waals surface area contributed by atoms with Gasteiger partial charge in [0.25, 0.3) is 5.91 Å². The average molecular weight is 290 g/mol. The van der Waals surface area contributed by atoms with Crippen LogP contribution >= 0.6 is 0 Å². The van der Waals surface area contributed by atoms with E-state index in [1.54, 1.807) is 24.3 Å². The van der Waals surface area contributed by atoms with Crippen molar-refractivity contribution in [2.45, 2.75) is 39.0 Å². The first kappa shape index (κ1) is 15.4. The summed E-state index contributed by atoms with van der Waals surface area (Å²) in [6.45, 7) is 2.43. The fourth-order valence-electron chi connectivity index (χ4n) is 2.55. The van der Waals surface area contributed by atoms with Crippen molar-refractivity contribution in [3.8, 4) is 5.75 Å². The summed E-state index contributed by atoms with van der Waals surface area (Å²) in [5.74, 6) is 0.238. The lowest BCUT2D eigenvalue weighted by Gasteiger charge is -2.20. The highest BCUT2D eigenvalue weighted by molar-refractivity contribution is 5.95. The van der Waals surface area contributed by atoms with Crippen molar-refractivity contribution in [3.63, 3.8) is 0 Å². The number of nitrogens with one attached hydrogen (secondary N) is 2. The number of carbonyl (C=O) groups excluding carboxylic acids is 2. The lowest BCUT2D eigenvalue weighted by Crippen LogP contribution is -2.44. The molecule has 2 N–H and O–H groups in total. The van der Waals surface area contributed by atoms with E-state index in [1.807, 2.05) is 6.92 Å². The summed E-state index contributed by atoms with van der Waals surface area (Å²) < 4.78 is 5.35. The maximum absolute atomic E-state index is 12.0. The summed E-state index contributed by atoms with van der Waals surface area (Å²) in [4.78, 5) is 24.0. The zero-order chi connectivity index (χ0) is 15.1. The lowest BCUT2D eigenvalue weighted by atomic mass is 9.89. The molecule has 2 rings (SSSR count). The van der Waals surface area contributed by atoms with Crippen LogP contribution in [0, 0.1) is 5.92 Å². The van der Waals surface area contributed by atoms with Crippen molar-refractivity contribution >= 4 is 11.8 Å². The van der Waals surface area contributed by atoms with E-state index >= 15 is 0 Å². The summed E-state index contributed by atoms with van der Waals surface area (Å²) in [7, 11) is 0. The van der Waals surface area contributed by atoms with Gasteiger partial charge >= 0.3 is 0 Å². The molecule has 1 saturated carbocycles. The number of amides is 2. The third-order valence-corrected chi connectivity index (χ3v) is 3.68. The zero-order valence-electron chi connectivity index (χ0n) is 12.4. The molecule has 0 radical (unpaired) electrons. The first-order chi connectivity index (χ1) is 10.2. The van der Waals surface area contributed by atoms with E-state index in [-0.39, 0.29) is 17.7 Å². The maximum Gasteiger partial charge on any atom is 0.269 e. The third kappa shape index (κ3) is 4.48. The van der Waals surface area contributed by atoms with Crippen molar-refractivity contribution < 1.29 is 14.3 Å². The molecule has 0 spiro atoms. The Hall–Kier alpha value is -2.04. The van der Waals surface area contributed by atoms with Crippen LogP contribution in [0.25, 0.3) is 0 Å². The van der Waals surface area contributed by atoms with Crippen molar-refractivity contribution in [2.24, 2.45) is 5.92 Å². The normalized spacial score (nSPS) is 15.3. The molecule has 21 heavy (non-hydrogen) atoms. The first-order valence-corrected chi connectivity index (χ1v) is 7.53. The number of benzene rings is 1. The van der Waals surface area contributed by atoms with Gasteiger partial charge in [-0.15, -0.1) is 0 Å². The molecule has 5 nitrogen and oxygen atoms in total. The summed E-state index contributed by atoms with van der Waals surface area (Å²) in [6.07, 6.45) is 5.17. The molecule has 1 fully saturated rings. The Kier molecular flexibility index (Phi) is 5.60. The van der Waals surface area contributed by atoms with E-state index in [0.29, 0.717) is 17.9 Å². The molecule has 0 aliphatic heterocycles. The molecule has 0 saturated heterocycles. The van der Waals surface area contributed by atoms with Crippen LogP contribution in [0.3, 0.4) is 0 Å². The Labute approximate surface area is 125 Å². The molecular weight excluding hydrogens is 268 g/mol. The van der Waals surface area contributed by atoms with Gasteiger partial charge in [0.2, 0.25) is 5.91 Å². The van der Waals surface area contributed by atoms with Crippen LogP contribution in [0.5, 0.6) is 5.75 Å². The third-order valence-electron chi connectivity index (χ3n) is 3.68. The van der Waals surface area contributed by atoms with Crippen molar-refractivity contribution in [2.75, 3.05) is 6.61 Å². The van der Waals surface area contributed by atoms with Crippen LogP contribution in [-0.4, -0.2) is 18.4 Å². The number of hydrogen-bond acceptors (Lipinski definition) is 3. The molecule has 0 bridgehead atoms. The summed E-state index contributed by atoms with van der Waals surface area (Å²) in [6, 6.07) is 6.89. The van der Waals surface area contributed by atoms with Gasteiger partial charge in [0.05, 0.1) is 6.61 Å². The maximum atomic E-state index is 12.0. The first-order valence-electron chi connectivity index (χ1n) is 7.53. The number of carbonyl (C=O) groups is 2. The van der Waals surface area contributed by atoms with Crippen LogP contribution < -0.4 is 15.6 Å². The predicted molar refractivity (Wildman–Crippen MR) is 79.8 cm³/mol. The van der Waals surface area contributed by atoms with Crippen molar-refractivity contribution in [1.82, 2.24) is 10.9 Å². The molecule has 0 aromatic heterocycles. The molecule has 0 unspecified atom stereocenters. The van der Waals surface area contributed by atoms with Gasteiger partial charge in [-0.05, 0) is 38.0 Å². The Morgan fingerprint density at radius 2 is 1.95 bits per heavy atom. The molecule has 2 amide bonds. The van der Waals surface area contributed by atoms with E-state index in [1.165, 1.54) is 6.42 Å². The standard InChI is InChI=1S/C16H22N2O3/c1-2-21-14-10-6-9-13(11-14)16(20)18-17-15(19)12-7-4-3-5-8-12/h6,9-12H,2-5,7-8H2,1H3,(H,17,19)(H,18,20). The summed E-state index contributed by atoms with van der Waals surface area (Å²) in [5, 5.41) is 0. The van der Waals surface area contributed by atoms with Crippen molar-refractivity contribution in [3.05, 3.63) is 29.8 Å². The molecule has 114 valence electrons. The van der Waals surface area contributed by atoms with E-state index < -0.39 is 0 Å². The molecule has 1 aliphatic carbocycles. The Morgan fingerprint density at radius 1 is 1.19 bits per heavy atom. The highest BCUT2D eigenvalue weighted by Crippen LogP contribution is 2.23.